The Labute approximate surface area is 188 Å². The topological polar surface area (TPSA) is 71.5 Å². The van der Waals surface area contributed by atoms with E-state index in [1.807, 2.05) is 12.1 Å². The maximum Gasteiger partial charge on any atom is 0.337 e. The Morgan fingerprint density at radius 2 is 1.97 bits per heavy atom. The molecule has 32 heavy (non-hydrogen) atoms. The van der Waals surface area contributed by atoms with Gasteiger partial charge in [-0.05, 0) is 80.5 Å². The number of rotatable bonds is 6. The fourth-order valence-corrected chi connectivity index (χ4v) is 4.94. The van der Waals surface area contributed by atoms with Crippen LogP contribution in [0, 0.1) is 6.92 Å². The van der Waals surface area contributed by atoms with Crippen LogP contribution in [0.15, 0.2) is 42.5 Å². The lowest BCUT2D eigenvalue weighted by atomic mass is 9.88. The average molecular weight is 431 g/mol. The third-order valence-corrected chi connectivity index (χ3v) is 6.73. The number of pyridine rings is 1. The molecule has 166 valence electrons. The summed E-state index contributed by atoms with van der Waals surface area (Å²) in [6, 6.07) is 13.7. The molecule has 1 aliphatic carbocycles. The SMILES string of the molecule is Cc1cc(C(C)Nc2ccccc2C(=O)O)c2cc(C3CCCOC3)c(C3CC3)nc2c1. The third-order valence-electron chi connectivity index (χ3n) is 6.73. The minimum Gasteiger partial charge on any atom is -0.478 e. The summed E-state index contributed by atoms with van der Waals surface area (Å²) in [4.78, 5) is 16.9. The second-order valence-electron chi connectivity index (χ2n) is 9.29. The number of fused-ring (bicyclic) bond motifs is 1. The highest BCUT2D eigenvalue weighted by Crippen LogP contribution is 2.45. The van der Waals surface area contributed by atoms with Crippen LogP contribution >= 0.6 is 0 Å². The van der Waals surface area contributed by atoms with Gasteiger partial charge >= 0.3 is 5.97 Å². The highest BCUT2D eigenvalue weighted by atomic mass is 16.5. The Hall–Kier alpha value is -2.92. The van der Waals surface area contributed by atoms with Crippen LogP contribution in [0.1, 0.15) is 83.2 Å². The zero-order valence-corrected chi connectivity index (χ0v) is 18.7. The summed E-state index contributed by atoms with van der Waals surface area (Å²) in [7, 11) is 0. The molecule has 2 N–H and O–H groups in total. The maximum atomic E-state index is 11.7. The number of aromatic nitrogens is 1. The predicted molar refractivity (Wildman–Crippen MR) is 127 cm³/mol. The van der Waals surface area contributed by atoms with Gasteiger partial charge in [0.2, 0.25) is 0 Å². The van der Waals surface area contributed by atoms with Crippen LogP contribution in [-0.2, 0) is 4.74 Å². The van der Waals surface area contributed by atoms with Crippen LogP contribution in [0.4, 0.5) is 5.69 Å². The van der Waals surface area contributed by atoms with Crippen molar-refractivity contribution in [2.24, 2.45) is 0 Å². The Morgan fingerprint density at radius 3 is 2.69 bits per heavy atom. The zero-order chi connectivity index (χ0) is 22.2. The third kappa shape index (κ3) is 4.09. The molecular formula is C27H30N2O3. The number of carbonyl (C=O) groups is 1. The fraction of sp³-hybridized carbons (Fsp3) is 0.407. The van der Waals surface area contributed by atoms with Crippen LogP contribution < -0.4 is 5.32 Å². The van der Waals surface area contributed by atoms with Crippen molar-refractivity contribution in [2.75, 3.05) is 18.5 Å². The Bertz CT molecular complexity index is 1160. The second kappa shape index (κ2) is 8.55. The molecular weight excluding hydrogens is 400 g/mol. The van der Waals surface area contributed by atoms with Crippen LogP contribution in [0.25, 0.3) is 10.9 Å². The predicted octanol–water partition coefficient (Wildman–Crippen LogP) is 6.19. The van der Waals surface area contributed by atoms with E-state index >= 15 is 0 Å². The van der Waals surface area contributed by atoms with Gasteiger partial charge in [0, 0.05) is 41.3 Å². The first kappa shape index (κ1) is 21.0. The minimum atomic E-state index is -0.926. The number of hydrogen-bond acceptors (Lipinski definition) is 4. The van der Waals surface area contributed by atoms with Crippen LogP contribution in [0.5, 0.6) is 0 Å². The molecule has 2 aromatic carbocycles. The minimum absolute atomic E-state index is 0.0677. The molecule has 2 aliphatic rings. The Balaban J connectivity index is 1.59. The number of hydrogen-bond donors (Lipinski definition) is 2. The molecule has 2 unspecified atom stereocenters. The van der Waals surface area contributed by atoms with Gasteiger partial charge in [-0.25, -0.2) is 4.79 Å². The molecule has 5 nitrogen and oxygen atoms in total. The largest absolute Gasteiger partial charge is 0.478 e. The summed E-state index contributed by atoms with van der Waals surface area (Å²) in [6.07, 6.45) is 4.69. The van der Waals surface area contributed by atoms with E-state index < -0.39 is 5.97 Å². The molecule has 0 radical (unpaired) electrons. The normalized spacial score (nSPS) is 19.6. The van der Waals surface area contributed by atoms with E-state index in [-0.39, 0.29) is 11.6 Å². The summed E-state index contributed by atoms with van der Waals surface area (Å²) >= 11 is 0. The molecule has 2 heterocycles. The fourth-order valence-electron chi connectivity index (χ4n) is 4.94. The van der Waals surface area contributed by atoms with E-state index in [2.05, 4.69) is 37.4 Å². The van der Waals surface area contributed by atoms with Crippen molar-refractivity contribution in [3.05, 3.63) is 70.4 Å². The van der Waals surface area contributed by atoms with Crippen LogP contribution in [0.2, 0.25) is 0 Å². The number of anilines is 1. The summed E-state index contributed by atoms with van der Waals surface area (Å²) in [5, 5.41) is 14.2. The number of ether oxygens (including phenoxy) is 1. The molecule has 0 bridgehead atoms. The van der Waals surface area contributed by atoms with E-state index in [0.29, 0.717) is 17.5 Å². The van der Waals surface area contributed by atoms with Gasteiger partial charge in [0.25, 0.3) is 0 Å². The van der Waals surface area contributed by atoms with Crippen molar-refractivity contribution in [2.45, 2.75) is 57.4 Å². The molecule has 3 aromatic rings. The standard InChI is InChI=1S/C27H30N2O3/c1-16-12-21(17(2)28-24-8-4-3-7-20(24)27(30)31)23-14-22(19-6-5-11-32-15-19)26(18-9-10-18)29-25(23)13-16/h3-4,7-8,12-14,17-19,28H,5-6,9-11,15H2,1-2H3,(H,30,31). The lowest BCUT2D eigenvalue weighted by Crippen LogP contribution is -2.18. The lowest BCUT2D eigenvalue weighted by molar-refractivity contribution is 0.0698. The number of nitrogens with one attached hydrogen (secondary N) is 1. The molecule has 1 saturated carbocycles. The Kier molecular flexibility index (Phi) is 5.60. The molecule has 2 fully saturated rings. The van der Waals surface area contributed by atoms with Gasteiger partial charge in [-0.2, -0.15) is 0 Å². The number of aromatic carboxylic acids is 1. The first-order valence-corrected chi connectivity index (χ1v) is 11.6. The van der Waals surface area contributed by atoms with E-state index in [1.165, 1.54) is 24.1 Å². The number of aryl methyl sites for hydroxylation is 1. The number of benzene rings is 2. The monoisotopic (exact) mass is 430 g/mol. The molecule has 5 heteroatoms. The van der Waals surface area contributed by atoms with Crippen molar-refractivity contribution in [3.63, 3.8) is 0 Å². The van der Waals surface area contributed by atoms with Gasteiger partial charge in [-0.1, -0.05) is 18.2 Å². The van der Waals surface area contributed by atoms with Crippen LogP contribution in [-0.4, -0.2) is 29.3 Å². The first-order chi connectivity index (χ1) is 15.5. The van der Waals surface area contributed by atoms with E-state index in [0.717, 1.165) is 48.1 Å². The lowest BCUT2D eigenvalue weighted by Gasteiger charge is -2.26. The van der Waals surface area contributed by atoms with Gasteiger partial charge in [0.15, 0.2) is 0 Å². The van der Waals surface area contributed by atoms with Gasteiger partial charge < -0.3 is 15.2 Å². The molecule has 0 spiro atoms. The van der Waals surface area contributed by atoms with Gasteiger partial charge in [0.05, 0.1) is 17.7 Å². The van der Waals surface area contributed by atoms with Crippen molar-refractivity contribution in [1.29, 1.82) is 0 Å². The van der Waals surface area contributed by atoms with Crippen molar-refractivity contribution in [1.82, 2.24) is 4.98 Å². The molecule has 0 amide bonds. The molecule has 1 aromatic heterocycles. The van der Waals surface area contributed by atoms with Gasteiger partial charge in [0.1, 0.15) is 0 Å². The highest BCUT2D eigenvalue weighted by Gasteiger charge is 2.31. The highest BCUT2D eigenvalue weighted by molar-refractivity contribution is 5.94. The molecule has 5 rings (SSSR count). The van der Waals surface area contributed by atoms with Crippen molar-refractivity contribution >= 4 is 22.6 Å². The van der Waals surface area contributed by atoms with Crippen molar-refractivity contribution in [3.8, 4) is 0 Å². The molecule has 1 saturated heterocycles. The second-order valence-corrected chi connectivity index (χ2v) is 9.29. The number of nitrogens with zero attached hydrogens (tertiary/aromatic N) is 1. The van der Waals surface area contributed by atoms with Crippen LogP contribution in [0.3, 0.4) is 0 Å². The number of carboxylic acid groups (broad SMARTS) is 1. The summed E-state index contributed by atoms with van der Waals surface area (Å²) in [6.45, 7) is 5.81. The summed E-state index contributed by atoms with van der Waals surface area (Å²) in [5.74, 6) is 0.0596. The average Bonchev–Trinajstić information content (AvgIpc) is 3.64. The van der Waals surface area contributed by atoms with Crippen molar-refractivity contribution < 1.29 is 14.6 Å². The summed E-state index contributed by atoms with van der Waals surface area (Å²) < 4.78 is 5.82. The first-order valence-electron chi connectivity index (χ1n) is 11.6. The van der Waals surface area contributed by atoms with Gasteiger partial charge in [-0.15, -0.1) is 0 Å². The smallest absolute Gasteiger partial charge is 0.337 e. The quantitative estimate of drug-likeness (QED) is 0.488. The maximum absolute atomic E-state index is 11.7. The van der Waals surface area contributed by atoms with E-state index in [4.69, 9.17) is 9.72 Å². The zero-order valence-electron chi connectivity index (χ0n) is 18.7. The molecule has 1 aliphatic heterocycles. The number of para-hydroxylation sites is 1. The number of carboxylic acids is 1. The van der Waals surface area contributed by atoms with E-state index in [9.17, 15) is 9.90 Å². The van der Waals surface area contributed by atoms with Gasteiger partial charge in [-0.3, -0.25) is 4.98 Å². The Morgan fingerprint density at radius 1 is 1.16 bits per heavy atom. The van der Waals surface area contributed by atoms with E-state index in [1.54, 1.807) is 12.1 Å². The summed E-state index contributed by atoms with van der Waals surface area (Å²) in [5.41, 5.74) is 6.87. The molecule has 2 atom stereocenters.